The Morgan fingerprint density at radius 1 is 0.952 bits per heavy atom. The van der Waals surface area contributed by atoms with E-state index in [1.165, 1.54) is 0 Å². The lowest BCUT2D eigenvalue weighted by molar-refractivity contribution is 0.439. The largest absolute Gasteiger partial charge is 0.367 e. The first-order valence-electron chi connectivity index (χ1n) is 6.03. The number of halogens is 3. The summed E-state index contributed by atoms with van der Waals surface area (Å²) in [6.45, 7) is 0. The van der Waals surface area contributed by atoms with E-state index in [0.717, 1.165) is 5.56 Å². The standard InChI is InChI=1S/C15H9Cl3N2O/c16-9-3-1-2-8(6-9)13-14(20-21-15(13)19)11-5-4-10(17)7-12(11)18/h1-7H,19H2. The lowest BCUT2D eigenvalue weighted by atomic mass is 10.0. The number of hydrogen-bond acceptors (Lipinski definition) is 3. The zero-order valence-corrected chi connectivity index (χ0v) is 12.9. The average molecular weight is 340 g/mol. The summed E-state index contributed by atoms with van der Waals surface area (Å²) in [6.07, 6.45) is 0. The molecule has 2 aromatic carbocycles. The normalized spacial score (nSPS) is 10.8. The fraction of sp³-hybridized carbons (Fsp3) is 0. The van der Waals surface area contributed by atoms with Crippen LogP contribution in [0.2, 0.25) is 15.1 Å². The first-order chi connectivity index (χ1) is 10.1. The molecule has 0 aliphatic carbocycles. The minimum atomic E-state index is 0.207. The molecule has 106 valence electrons. The van der Waals surface area contributed by atoms with E-state index in [2.05, 4.69) is 5.16 Å². The van der Waals surface area contributed by atoms with Crippen LogP contribution in [0.4, 0.5) is 5.88 Å². The van der Waals surface area contributed by atoms with E-state index in [-0.39, 0.29) is 5.88 Å². The molecule has 0 bridgehead atoms. The van der Waals surface area contributed by atoms with E-state index < -0.39 is 0 Å². The number of rotatable bonds is 2. The van der Waals surface area contributed by atoms with E-state index >= 15 is 0 Å². The Hall–Kier alpha value is -1.68. The van der Waals surface area contributed by atoms with Crippen LogP contribution in [0.25, 0.3) is 22.4 Å². The van der Waals surface area contributed by atoms with Crippen molar-refractivity contribution in [1.29, 1.82) is 0 Å². The number of anilines is 1. The van der Waals surface area contributed by atoms with Crippen LogP contribution < -0.4 is 5.73 Å². The summed E-state index contributed by atoms with van der Waals surface area (Å²) in [5.74, 6) is 0.207. The quantitative estimate of drug-likeness (QED) is 0.666. The van der Waals surface area contributed by atoms with Crippen molar-refractivity contribution in [3.05, 3.63) is 57.5 Å². The minimum absolute atomic E-state index is 0.207. The number of benzene rings is 2. The van der Waals surface area contributed by atoms with Crippen LogP contribution in [0.15, 0.2) is 47.0 Å². The fourth-order valence-electron chi connectivity index (χ4n) is 2.09. The van der Waals surface area contributed by atoms with E-state index in [4.69, 9.17) is 45.1 Å². The third-order valence-electron chi connectivity index (χ3n) is 3.02. The smallest absolute Gasteiger partial charge is 0.230 e. The number of nitrogen functional groups attached to an aromatic ring is 1. The SMILES string of the molecule is Nc1onc(-c2ccc(Cl)cc2Cl)c1-c1cccc(Cl)c1. The molecule has 0 aliphatic rings. The molecular weight excluding hydrogens is 331 g/mol. The molecule has 21 heavy (non-hydrogen) atoms. The molecule has 0 saturated heterocycles. The van der Waals surface area contributed by atoms with Gasteiger partial charge in [0.1, 0.15) is 5.69 Å². The van der Waals surface area contributed by atoms with E-state index in [1.54, 1.807) is 30.3 Å². The highest BCUT2D eigenvalue weighted by Crippen LogP contribution is 2.40. The van der Waals surface area contributed by atoms with Gasteiger partial charge >= 0.3 is 0 Å². The second-order valence-electron chi connectivity index (χ2n) is 4.40. The Kier molecular flexibility index (Phi) is 3.81. The van der Waals surface area contributed by atoms with Gasteiger partial charge in [0.25, 0.3) is 0 Å². The van der Waals surface area contributed by atoms with Gasteiger partial charge in [-0.2, -0.15) is 0 Å². The summed E-state index contributed by atoms with van der Waals surface area (Å²) in [5, 5.41) is 5.63. The number of nitrogens with zero attached hydrogens (tertiary/aromatic N) is 1. The van der Waals surface area contributed by atoms with E-state index in [0.29, 0.717) is 31.9 Å². The highest BCUT2D eigenvalue weighted by molar-refractivity contribution is 6.36. The Bertz CT molecular complexity index is 814. The molecular formula is C15H9Cl3N2O. The Labute approximate surface area is 136 Å². The summed E-state index contributed by atoms with van der Waals surface area (Å²) in [6, 6.07) is 12.4. The van der Waals surface area contributed by atoms with Gasteiger partial charge in [-0.3, -0.25) is 0 Å². The topological polar surface area (TPSA) is 52.0 Å². The molecule has 1 aromatic heterocycles. The van der Waals surface area contributed by atoms with Gasteiger partial charge in [-0.25, -0.2) is 0 Å². The van der Waals surface area contributed by atoms with Crippen LogP contribution in [0.5, 0.6) is 0 Å². The predicted octanol–water partition coefficient (Wildman–Crippen LogP) is 5.55. The number of nitrogens with two attached hydrogens (primary N) is 1. The molecule has 2 N–H and O–H groups in total. The van der Waals surface area contributed by atoms with Crippen molar-refractivity contribution in [3.63, 3.8) is 0 Å². The van der Waals surface area contributed by atoms with Crippen molar-refractivity contribution in [1.82, 2.24) is 5.16 Å². The summed E-state index contributed by atoms with van der Waals surface area (Å²) in [7, 11) is 0. The average Bonchev–Trinajstić information content (AvgIpc) is 2.80. The Balaban J connectivity index is 2.22. The maximum absolute atomic E-state index is 6.23. The van der Waals surface area contributed by atoms with Gasteiger partial charge in [0.05, 0.1) is 10.6 Å². The van der Waals surface area contributed by atoms with Gasteiger partial charge in [-0.1, -0.05) is 52.1 Å². The van der Waals surface area contributed by atoms with E-state index in [1.807, 2.05) is 12.1 Å². The van der Waals surface area contributed by atoms with Crippen LogP contribution in [-0.2, 0) is 0 Å². The number of hydrogen-bond donors (Lipinski definition) is 1. The lowest BCUT2D eigenvalue weighted by Crippen LogP contribution is -1.88. The fourth-order valence-corrected chi connectivity index (χ4v) is 2.78. The van der Waals surface area contributed by atoms with Gasteiger partial charge in [-0.05, 0) is 35.9 Å². The molecule has 0 fully saturated rings. The van der Waals surface area contributed by atoms with Crippen LogP contribution in [-0.4, -0.2) is 5.16 Å². The molecule has 0 radical (unpaired) electrons. The molecule has 1 heterocycles. The third kappa shape index (κ3) is 2.72. The van der Waals surface area contributed by atoms with Crippen LogP contribution in [0.3, 0.4) is 0 Å². The first-order valence-corrected chi connectivity index (χ1v) is 7.16. The predicted molar refractivity (Wildman–Crippen MR) is 86.8 cm³/mol. The minimum Gasteiger partial charge on any atom is -0.367 e. The molecule has 3 aromatic rings. The highest BCUT2D eigenvalue weighted by Gasteiger charge is 2.19. The molecule has 0 amide bonds. The summed E-state index contributed by atoms with van der Waals surface area (Å²) >= 11 is 18.2. The van der Waals surface area contributed by atoms with Crippen LogP contribution in [0, 0.1) is 0 Å². The Morgan fingerprint density at radius 2 is 1.71 bits per heavy atom. The molecule has 6 heteroatoms. The molecule has 0 atom stereocenters. The van der Waals surface area contributed by atoms with Crippen molar-refractivity contribution < 1.29 is 4.52 Å². The van der Waals surface area contributed by atoms with E-state index in [9.17, 15) is 0 Å². The maximum atomic E-state index is 6.23. The zero-order chi connectivity index (χ0) is 15.0. The zero-order valence-electron chi connectivity index (χ0n) is 10.6. The molecule has 0 unspecified atom stereocenters. The van der Waals surface area contributed by atoms with Crippen LogP contribution >= 0.6 is 34.8 Å². The van der Waals surface area contributed by atoms with Crippen molar-refractivity contribution in [2.75, 3.05) is 5.73 Å². The van der Waals surface area contributed by atoms with Gasteiger partial charge in [-0.15, -0.1) is 0 Å². The molecule has 0 saturated carbocycles. The Morgan fingerprint density at radius 3 is 2.43 bits per heavy atom. The monoisotopic (exact) mass is 338 g/mol. The molecule has 3 nitrogen and oxygen atoms in total. The third-order valence-corrected chi connectivity index (χ3v) is 3.80. The van der Waals surface area contributed by atoms with Gasteiger partial charge < -0.3 is 10.3 Å². The molecule has 3 rings (SSSR count). The molecule has 0 spiro atoms. The van der Waals surface area contributed by atoms with Crippen molar-refractivity contribution in [2.24, 2.45) is 0 Å². The second-order valence-corrected chi connectivity index (χ2v) is 5.69. The van der Waals surface area contributed by atoms with Gasteiger partial charge in [0.15, 0.2) is 0 Å². The van der Waals surface area contributed by atoms with Crippen LogP contribution in [0.1, 0.15) is 0 Å². The van der Waals surface area contributed by atoms with Gasteiger partial charge in [0.2, 0.25) is 5.88 Å². The second kappa shape index (κ2) is 5.60. The summed E-state index contributed by atoms with van der Waals surface area (Å²) in [5.41, 5.74) is 8.60. The van der Waals surface area contributed by atoms with Gasteiger partial charge in [0, 0.05) is 15.6 Å². The highest BCUT2D eigenvalue weighted by atomic mass is 35.5. The number of aromatic nitrogens is 1. The summed E-state index contributed by atoms with van der Waals surface area (Å²) in [4.78, 5) is 0. The van der Waals surface area contributed by atoms with Crippen molar-refractivity contribution in [3.8, 4) is 22.4 Å². The maximum Gasteiger partial charge on any atom is 0.230 e. The first kappa shape index (κ1) is 14.3. The van der Waals surface area contributed by atoms with Crippen molar-refractivity contribution >= 4 is 40.7 Å². The molecule has 0 aliphatic heterocycles. The summed E-state index contributed by atoms with van der Waals surface area (Å²) < 4.78 is 5.12. The lowest BCUT2D eigenvalue weighted by Gasteiger charge is -2.05. The van der Waals surface area contributed by atoms with Crippen molar-refractivity contribution in [2.45, 2.75) is 0 Å².